The van der Waals surface area contributed by atoms with Gasteiger partial charge >= 0.3 is 0 Å². The highest BCUT2D eigenvalue weighted by molar-refractivity contribution is 7.90. The predicted molar refractivity (Wildman–Crippen MR) is 61.2 cm³/mol. The lowest BCUT2D eigenvalue weighted by molar-refractivity contribution is -0.384. The molecule has 90 valence electrons. The van der Waals surface area contributed by atoms with Crippen molar-refractivity contribution in [2.75, 3.05) is 0 Å². The minimum absolute atomic E-state index is 0.0319. The Morgan fingerprint density at radius 3 is 2.71 bits per heavy atom. The summed E-state index contributed by atoms with van der Waals surface area (Å²) in [6, 6.07) is 2.19. The molecule has 0 unspecified atom stereocenters. The first-order chi connectivity index (χ1) is 7.81. The Labute approximate surface area is 101 Å². The summed E-state index contributed by atoms with van der Waals surface area (Å²) in [6.45, 7) is 1.40. The van der Waals surface area contributed by atoms with Gasteiger partial charge in [-0.05, 0) is 13.0 Å². The van der Waals surface area contributed by atoms with Gasteiger partial charge in [0.05, 0.1) is 4.92 Å². The SMILES string of the molecule is CC1=Nc2c([N+](=O)[O-])cc(Cl)cc2S(=O)(=O)N1. The van der Waals surface area contributed by atoms with E-state index >= 15 is 0 Å². The van der Waals surface area contributed by atoms with Crippen molar-refractivity contribution >= 4 is 38.8 Å². The molecule has 0 saturated carbocycles. The zero-order valence-electron chi connectivity index (χ0n) is 8.47. The molecule has 0 bridgehead atoms. The van der Waals surface area contributed by atoms with Gasteiger partial charge in [0.25, 0.3) is 15.7 Å². The van der Waals surface area contributed by atoms with Gasteiger partial charge in [0.2, 0.25) is 0 Å². The zero-order chi connectivity index (χ0) is 12.8. The summed E-state index contributed by atoms with van der Waals surface area (Å²) in [6.07, 6.45) is 0. The maximum absolute atomic E-state index is 11.7. The van der Waals surface area contributed by atoms with Crippen molar-refractivity contribution in [3.63, 3.8) is 0 Å². The van der Waals surface area contributed by atoms with Crippen LogP contribution in [-0.2, 0) is 10.0 Å². The Balaban J connectivity index is 2.88. The summed E-state index contributed by atoms with van der Waals surface area (Å²) in [5.41, 5.74) is -0.632. The average Bonchev–Trinajstić information content (AvgIpc) is 2.17. The van der Waals surface area contributed by atoms with E-state index in [0.717, 1.165) is 12.1 Å². The normalized spacial score (nSPS) is 16.7. The van der Waals surface area contributed by atoms with Gasteiger partial charge in [-0.2, -0.15) is 0 Å². The second-order valence-electron chi connectivity index (χ2n) is 3.33. The van der Waals surface area contributed by atoms with Crippen LogP contribution >= 0.6 is 11.6 Å². The highest BCUT2D eigenvalue weighted by Gasteiger charge is 2.30. The van der Waals surface area contributed by atoms with E-state index in [4.69, 9.17) is 11.6 Å². The Hall–Kier alpha value is -1.67. The van der Waals surface area contributed by atoms with Crippen LogP contribution in [0.15, 0.2) is 22.0 Å². The summed E-state index contributed by atoms with van der Waals surface area (Å²) in [5, 5.41) is 10.8. The standard InChI is InChI=1S/C8H6ClN3O4S/c1-4-10-8-6(12(13)14)2-5(9)3-7(8)17(15,16)11-4/h2-3H,1H3,(H,10,11). The van der Waals surface area contributed by atoms with Crippen molar-refractivity contribution < 1.29 is 13.3 Å². The molecule has 1 aliphatic heterocycles. The Bertz CT molecular complexity index is 653. The lowest BCUT2D eigenvalue weighted by Crippen LogP contribution is -2.31. The van der Waals surface area contributed by atoms with Gasteiger partial charge in [0, 0.05) is 11.1 Å². The summed E-state index contributed by atoms with van der Waals surface area (Å²) in [5.74, 6) is 0.0722. The first kappa shape index (κ1) is 11.8. The van der Waals surface area contributed by atoms with Crippen molar-refractivity contribution in [1.29, 1.82) is 0 Å². The Kier molecular flexibility index (Phi) is 2.55. The van der Waals surface area contributed by atoms with Crippen molar-refractivity contribution in [2.45, 2.75) is 11.8 Å². The molecule has 0 aliphatic carbocycles. The molecule has 17 heavy (non-hydrogen) atoms. The number of nitro groups is 1. The average molecular weight is 276 g/mol. The topological polar surface area (TPSA) is 102 Å². The molecule has 0 fully saturated rings. The highest BCUT2D eigenvalue weighted by atomic mass is 35.5. The van der Waals surface area contributed by atoms with Gasteiger partial charge in [-0.15, -0.1) is 0 Å². The molecule has 0 saturated heterocycles. The van der Waals surface area contributed by atoms with E-state index in [1.807, 2.05) is 0 Å². The zero-order valence-corrected chi connectivity index (χ0v) is 10.0. The number of nitro benzene ring substituents is 1. The van der Waals surface area contributed by atoms with Crippen LogP contribution in [0.4, 0.5) is 11.4 Å². The molecule has 0 aromatic heterocycles. The van der Waals surface area contributed by atoms with Gasteiger partial charge in [-0.3, -0.25) is 14.8 Å². The third-order valence-electron chi connectivity index (χ3n) is 2.07. The summed E-state index contributed by atoms with van der Waals surface area (Å²) in [4.78, 5) is 13.6. The predicted octanol–water partition coefficient (Wildman–Crippen LogP) is 1.59. The number of hydrogen-bond acceptors (Lipinski definition) is 5. The van der Waals surface area contributed by atoms with Crippen LogP contribution in [0.2, 0.25) is 5.02 Å². The summed E-state index contributed by atoms with van der Waals surface area (Å²) in [7, 11) is -3.84. The third-order valence-corrected chi connectivity index (χ3v) is 3.74. The summed E-state index contributed by atoms with van der Waals surface area (Å²) >= 11 is 5.64. The second kappa shape index (κ2) is 3.67. The Morgan fingerprint density at radius 2 is 2.12 bits per heavy atom. The van der Waals surface area contributed by atoms with E-state index in [0.29, 0.717) is 0 Å². The monoisotopic (exact) mass is 275 g/mol. The molecule has 1 N–H and O–H groups in total. The quantitative estimate of drug-likeness (QED) is 0.621. The minimum Gasteiger partial charge on any atom is -0.267 e. The molecule has 1 heterocycles. The van der Waals surface area contributed by atoms with E-state index in [2.05, 4.69) is 9.71 Å². The van der Waals surface area contributed by atoms with E-state index in [1.165, 1.54) is 6.92 Å². The largest absolute Gasteiger partial charge is 0.297 e. The molecular formula is C8H6ClN3O4S. The third kappa shape index (κ3) is 1.96. The number of sulfonamides is 1. The fourth-order valence-corrected chi connectivity index (χ4v) is 2.97. The smallest absolute Gasteiger partial charge is 0.267 e. The molecule has 1 aromatic rings. The van der Waals surface area contributed by atoms with E-state index in [-0.39, 0.29) is 21.4 Å². The number of rotatable bonds is 1. The molecule has 0 spiro atoms. The van der Waals surface area contributed by atoms with Crippen LogP contribution in [0.25, 0.3) is 0 Å². The lowest BCUT2D eigenvalue weighted by Gasteiger charge is -2.15. The van der Waals surface area contributed by atoms with Gasteiger partial charge in [-0.25, -0.2) is 13.4 Å². The maximum Gasteiger partial charge on any atom is 0.297 e. The molecule has 7 nitrogen and oxygen atoms in total. The Morgan fingerprint density at radius 1 is 1.47 bits per heavy atom. The molecule has 9 heteroatoms. The van der Waals surface area contributed by atoms with Crippen LogP contribution in [0.3, 0.4) is 0 Å². The summed E-state index contributed by atoms with van der Waals surface area (Å²) < 4.78 is 25.6. The van der Waals surface area contributed by atoms with Gasteiger partial charge in [0.1, 0.15) is 10.7 Å². The first-order valence-corrected chi connectivity index (χ1v) is 6.23. The van der Waals surface area contributed by atoms with Gasteiger partial charge in [0.15, 0.2) is 5.69 Å². The molecule has 1 aliphatic rings. The van der Waals surface area contributed by atoms with Crippen molar-refractivity contribution in [3.05, 3.63) is 27.3 Å². The van der Waals surface area contributed by atoms with E-state index in [1.54, 1.807) is 0 Å². The van der Waals surface area contributed by atoms with Crippen molar-refractivity contribution in [1.82, 2.24) is 4.72 Å². The highest BCUT2D eigenvalue weighted by Crippen LogP contribution is 2.38. The minimum atomic E-state index is -3.84. The van der Waals surface area contributed by atoms with Gasteiger partial charge in [-0.1, -0.05) is 11.6 Å². The van der Waals surface area contributed by atoms with E-state index in [9.17, 15) is 18.5 Å². The van der Waals surface area contributed by atoms with E-state index < -0.39 is 20.6 Å². The lowest BCUT2D eigenvalue weighted by atomic mass is 10.2. The van der Waals surface area contributed by atoms with Gasteiger partial charge < -0.3 is 0 Å². The number of halogens is 1. The fraction of sp³-hybridized carbons (Fsp3) is 0.125. The molecule has 0 radical (unpaired) electrons. The van der Waals surface area contributed by atoms with Crippen LogP contribution in [-0.4, -0.2) is 19.2 Å². The van der Waals surface area contributed by atoms with Crippen LogP contribution in [0.1, 0.15) is 6.92 Å². The maximum atomic E-state index is 11.7. The number of nitrogens with one attached hydrogen (secondary N) is 1. The van der Waals surface area contributed by atoms with Crippen LogP contribution in [0, 0.1) is 10.1 Å². The van der Waals surface area contributed by atoms with Crippen molar-refractivity contribution in [2.24, 2.45) is 4.99 Å². The molecule has 2 rings (SSSR count). The fourth-order valence-electron chi connectivity index (χ4n) is 1.46. The number of hydrogen-bond donors (Lipinski definition) is 1. The number of amidine groups is 1. The number of fused-ring (bicyclic) bond motifs is 1. The first-order valence-electron chi connectivity index (χ1n) is 4.37. The van der Waals surface area contributed by atoms with Crippen molar-refractivity contribution in [3.8, 4) is 0 Å². The second-order valence-corrected chi connectivity index (χ2v) is 5.42. The number of benzene rings is 1. The number of aliphatic imine (C=N–C) groups is 1. The molecule has 0 amide bonds. The molecular weight excluding hydrogens is 270 g/mol. The molecule has 1 aromatic carbocycles. The molecule has 0 atom stereocenters. The van der Waals surface area contributed by atoms with Crippen LogP contribution in [0.5, 0.6) is 0 Å². The van der Waals surface area contributed by atoms with Crippen LogP contribution < -0.4 is 4.72 Å². The number of nitrogens with zero attached hydrogens (tertiary/aromatic N) is 2.